The van der Waals surface area contributed by atoms with Crippen LogP contribution < -0.4 is 5.56 Å². The number of aromatic amines is 1. The van der Waals surface area contributed by atoms with E-state index >= 15 is 0 Å². The van der Waals surface area contributed by atoms with Gasteiger partial charge < -0.3 is 0 Å². The van der Waals surface area contributed by atoms with Crippen LogP contribution in [-0.4, -0.2) is 15.6 Å². The van der Waals surface area contributed by atoms with Crippen LogP contribution >= 0.6 is 0 Å². The van der Waals surface area contributed by atoms with Crippen molar-refractivity contribution >= 4 is 5.78 Å². The van der Waals surface area contributed by atoms with Crippen molar-refractivity contribution in [1.29, 1.82) is 5.26 Å². The van der Waals surface area contributed by atoms with Crippen molar-refractivity contribution in [3.63, 3.8) is 0 Å². The fourth-order valence-electron chi connectivity index (χ4n) is 2.41. The second-order valence-corrected chi connectivity index (χ2v) is 5.11. The minimum Gasteiger partial charge on any atom is -0.295 e. The number of carbonyl (C=O) groups excluding carboxylic acids is 1. The first kappa shape index (κ1) is 14.5. The highest BCUT2D eigenvalue weighted by Crippen LogP contribution is 2.12. The zero-order chi connectivity index (χ0) is 16.4. The van der Waals surface area contributed by atoms with Gasteiger partial charge >= 0.3 is 0 Å². The van der Waals surface area contributed by atoms with Crippen molar-refractivity contribution in [2.75, 3.05) is 0 Å². The third-order valence-electron chi connectivity index (χ3n) is 3.59. The molecule has 0 atom stereocenters. The minimum absolute atomic E-state index is 0.110. The van der Waals surface area contributed by atoms with Gasteiger partial charge in [-0.2, -0.15) is 5.26 Å². The summed E-state index contributed by atoms with van der Waals surface area (Å²) in [7, 11) is 0. The van der Waals surface area contributed by atoms with Crippen LogP contribution in [0.25, 0.3) is 5.69 Å². The van der Waals surface area contributed by atoms with Crippen LogP contribution in [-0.2, 0) is 0 Å². The van der Waals surface area contributed by atoms with Gasteiger partial charge in [0.15, 0.2) is 5.78 Å². The van der Waals surface area contributed by atoms with Gasteiger partial charge in [-0.15, -0.1) is 0 Å². The molecule has 5 nitrogen and oxygen atoms in total. The van der Waals surface area contributed by atoms with Gasteiger partial charge in [0, 0.05) is 11.3 Å². The summed E-state index contributed by atoms with van der Waals surface area (Å²) in [5, 5.41) is 11.7. The second-order valence-electron chi connectivity index (χ2n) is 5.11. The molecule has 0 aliphatic carbocycles. The molecule has 5 heteroatoms. The summed E-state index contributed by atoms with van der Waals surface area (Å²) in [6.45, 7) is 1.69. The molecule has 23 heavy (non-hydrogen) atoms. The summed E-state index contributed by atoms with van der Waals surface area (Å²) in [6.07, 6.45) is 0. The zero-order valence-corrected chi connectivity index (χ0v) is 12.4. The highest BCUT2D eigenvalue weighted by atomic mass is 16.2. The largest absolute Gasteiger partial charge is 0.295 e. The average Bonchev–Trinajstić information content (AvgIpc) is 2.89. The Kier molecular flexibility index (Phi) is 3.65. The second kappa shape index (κ2) is 5.78. The van der Waals surface area contributed by atoms with Crippen molar-refractivity contribution in [2.45, 2.75) is 6.92 Å². The molecule has 0 bridgehead atoms. The Labute approximate surface area is 132 Å². The van der Waals surface area contributed by atoms with E-state index < -0.39 is 0 Å². The molecule has 112 valence electrons. The molecule has 0 fully saturated rings. The van der Waals surface area contributed by atoms with Crippen LogP contribution in [0.4, 0.5) is 0 Å². The van der Waals surface area contributed by atoms with Crippen LogP contribution in [0.1, 0.15) is 27.2 Å². The van der Waals surface area contributed by atoms with E-state index in [4.69, 9.17) is 5.26 Å². The summed E-state index contributed by atoms with van der Waals surface area (Å²) in [5.74, 6) is -0.358. The van der Waals surface area contributed by atoms with Crippen molar-refractivity contribution in [2.24, 2.45) is 0 Å². The van der Waals surface area contributed by atoms with E-state index in [-0.39, 0.29) is 16.9 Å². The maximum absolute atomic E-state index is 12.6. The number of aromatic nitrogens is 2. The van der Waals surface area contributed by atoms with E-state index in [0.717, 1.165) is 0 Å². The lowest BCUT2D eigenvalue weighted by Crippen LogP contribution is -2.20. The van der Waals surface area contributed by atoms with Crippen LogP contribution in [0, 0.1) is 18.3 Å². The summed E-state index contributed by atoms with van der Waals surface area (Å²) in [4.78, 5) is 25.2. The number of para-hydroxylation sites is 1. The average molecular weight is 303 g/mol. The molecule has 1 heterocycles. The smallest absolute Gasteiger partial charge is 0.282 e. The van der Waals surface area contributed by atoms with Crippen LogP contribution in [0.3, 0.4) is 0 Å². The van der Waals surface area contributed by atoms with Crippen molar-refractivity contribution in [1.82, 2.24) is 9.78 Å². The first-order valence-corrected chi connectivity index (χ1v) is 7.03. The Bertz CT molecular complexity index is 958. The third kappa shape index (κ3) is 2.58. The number of aryl methyl sites for hydroxylation is 1. The molecular formula is C18H13N3O2. The van der Waals surface area contributed by atoms with Crippen LogP contribution in [0.5, 0.6) is 0 Å². The number of hydrogen-bond donors (Lipinski definition) is 1. The highest BCUT2D eigenvalue weighted by Gasteiger charge is 2.20. The van der Waals surface area contributed by atoms with Gasteiger partial charge in [-0.1, -0.05) is 18.2 Å². The van der Waals surface area contributed by atoms with E-state index in [2.05, 4.69) is 5.10 Å². The first-order chi connectivity index (χ1) is 11.1. The van der Waals surface area contributed by atoms with E-state index in [1.165, 1.54) is 4.68 Å². The molecule has 0 spiro atoms. The number of rotatable bonds is 3. The van der Waals surface area contributed by atoms with Crippen LogP contribution in [0.2, 0.25) is 0 Å². The zero-order valence-electron chi connectivity index (χ0n) is 12.4. The van der Waals surface area contributed by atoms with Gasteiger partial charge in [-0.3, -0.25) is 14.7 Å². The summed E-state index contributed by atoms with van der Waals surface area (Å²) >= 11 is 0. The fourth-order valence-corrected chi connectivity index (χ4v) is 2.41. The molecule has 0 saturated heterocycles. The fraction of sp³-hybridized carbons (Fsp3) is 0.0556. The SMILES string of the molecule is Cc1[nH]n(-c2ccccc2)c(=O)c1C(=O)c1ccc(C#N)cc1. The molecule has 0 amide bonds. The first-order valence-electron chi connectivity index (χ1n) is 7.03. The predicted molar refractivity (Wildman–Crippen MR) is 85.7 cm³/mol. The third-order valence-corrected chi connectivity index (χ3v) is 3.59. The maximum atomic E-state index is 12.6. The van der Waals surface area contributed by atoms with Crippen molar-refractivity contribution < 1.29 is 4.79 Å². The molecule has 0 unspecified atom stereocenters. The summed E-state index contributed by atoms with van der Waals surface area (Å²) < 4.78 is 1.35. The Balaban J connectivity index is 2.07. The Morgan fingerprint density at radius 3 is 2.35 bits per heavy atom. The number of hydrogen-bond acceptors (Lipinski definition) is 3. The molecule has 0 aliphatic rings. The summed E-state index contributed by atoms with van der Waals surface area (Å²) in [5.41, 5.74) is 1.74. The normalized spacial score (nSPS) is 10.3. The standard InChI is InChI=1S/C18H13N3O2/c1-12-16(17(22)14-9-7-13(11-19)8-10-14)18(23)21(20-12)15-5-3-2-4-6-15/h2-10,20H,1H3. The number of H-pyrrole nitrogens is 1. The topological polar surface area (TPSA) is 78.7 Å². The lowest BCUT2D eigenvalue weighted by atomic mass is 10.0. The Hall–Kier alpha value is -3.39. The summed E-state index contributed by atoms with van der Waals surface area (Å²) in [6, 6.07) is 17.3. The van der Waals surface area contributed by atoms with Crippen molar-refractivity contribution in [3.8, 4) is 11.8 Å². The molecule has 2 aromatic carbocycles. The van der Waals surface area contributed by atoms with E-state index in [1.54, 1.807) is 43.3 Å². The quantitative estimate of drug-likeness (QED) is 0.755. The van der Waals surface area contributed by atoms with Gasteiger partial charge in [-0.25, -0.2) is 4.68 Å². The molecule has 3 rings (SSSR count). The van der Waals surface area contributed by atoms with Gasteiger partial charge in [0.1, 0.15) is 5.56 Å². The minimum atomic E-state index is -0.386. The number of nitriles is 1. The number of nitrogens with one attached hydrogen (secondary N) is 1. The number of carbonyl (C=O) groups is 1. The molecule has 1 N–H and O–H groups in total. The molecule has 3 aromatic rings. The molecule has 0 saturated carbocycles. The lowest BCUT2D eigenvalue weighted by Gasteiger charge is -2.00. The van der Waals surface area contributed by atoms with Gasteiger partial charge in [-0.05, 0) is 43.3 Å². The van der Waals surface area contributed by atoms with E-state index in [0.29, 0.717) is 22.5 Å². The van der Waals surface area contributed by atoms with Gasteiger partial charge in [0.2, 0.25) is 0 Å². The van der Waals surface area contributed by atoms with Gasteiger partial charge in [0.25, 0.3) is 5.56 Å². The number of benzene rings is 2. The monoisotopic (exact) mass is 303 g/mol. The van der Waals surface area contributed by atoms with Gasteiger partial charge in [0.05, 0.1) is 17.3 Å². The molecule has 0 radical (unpaired) electrons. The maximum Gasteiger partial charge on any atom is 0.282 e. The lowest BCUT2D eigenvalue weighted by molar-refractivity contribution is 0.103. The molecule has 0 aliphatic heterocycles. The van der Waals surface area contributed by atoms with Crippen LogP contribution in [0.15, 0.2) is 59.4 Å². The number of nitrogens with zero attached hydrogens (tertiary/aromatic N) is 2. The molecule has 1 aromatic heterocycles. The predicted octanol–water partition coefficient (Wildman–Crippen LogP) is 2.58. The Morgan fingerprint density at radius 2 is 1.74 bits per heavy atom. The molecular weight excluding hydrogens is 290 g/mol. The Morgan fingerprint density at radius 1 is 1.09 bits per heavy atom. The highest BCUT2D eigenvalue weighted by molar-refractivity contribution is 6.09. The van der Waals surface area contributed by atoms with E-state index in [9.17, 15) is 9.59 Å². The number of ketones is 1. The van der Waals surface area contributed by atoms with E-state index in [1.807, 2.05) is 24.3 Å². The van der Waals surface area contributed by atoms with Crippen molar-refractivity contribution in [3.05, 3.63) is 87.3 Å².